The SMILES string of the molecule is Cc1ccc(/C=N/NC(=O)CCCNc2ccc(Br)cc2)s1. The van der Waals surface area contributed by atoms with Crippen LogP contribution in [0.3, 0.4) is 0 Å². The molecular weight excluding hydrogens is 362 g/mol. The summed E-state index contributed by atoms with van der Waals surface area (Å²) >= 11 is 5.04. The Balaban J connectivity index is 1.61. The highest BCUT2D eigenvalue weighted by atomic mass is 79.9. The highest BCUT2D eigenvalue weighted by molar-refractivity contribution is 9.10. The summed E-state index contributed by atoms with van der Waals surface area (Å²) in [7, 11) is 0. The minimum absolute atomic E-state index is 0.0675. The molecule has 0 saturated carbocycles. The lowest BCUT2D eigenvalue weighted by molar-refractivity contribution is -0.121. The molecule has 0 atom stereocenters. The van der Waals surface area contributed by atoms with E-state index in [0.29, 0.717) is 6.42 Å². The van der Waals surface area contributed by atoms with Crippen LogP contribution >= 0.6 is 27.3 Å². The molecule has 2 N–H and O–H groups in total. The first kappa shape index (κ1) is 16.7. The van der Waals surface area contributed by atoms with Gasteiger partial charge in [0.05, 0.1) is 6.21 Å². The molecule has 6 heteroatoms. The highest BCUT2D eigenvalue weighted by Gasteiger charge is 1.99. The molecule has 0 bridgehead atoms. The second kappa shape index (κ2) is 8.70. The largest absolute Gasteiger partial charge is 0.385 e. The van der Waals surface area contributed by atoms with E-state index in [2.05, 4.69) is 31.8 Å². The number of anilines is 1. The fraction of sp³-hybridized carbons (Fsp3) is 0.250. The molecule has 0 saturated heterocycles. The van der Waals surface area contributed by atoms with Gasteiger partial charge in [0.25, 0.3) is 0 Å². The number of amides is 1. The van der Waals surface area contributed by atoms with Gasteiger partial charge < -0.3 is 5.32 Å². The van der Waals surface area contributed by atoms with Crippen LogP contribution in [0.1, 0.15) is 22.6 Å². The number of nitrogens with one attached hydrogen (secondary N) is 2. The van der Waals surface area contributed by atoms with Crippen molar-refractivity contribution in [2.75, 3.05) is 11.9 Å². The van der Waals surface area contributed by atoms with Crippen LogP contribution in [-0.4, -0.2) is 18.7 Å². The van der Waals surface area contributed by atoms with E-state index in [1.807, 2.05) is 43.3 Å². The van der Waals surface area contributed by atoms with Gasteiger partial charge in [-0.1, -0.05) is 15.9 Å². The van der Waals surface area contributed by atoms with Gasteiger partial charge in [0.15, 0.2) is 0 Å². The number of thiophene rings is 1. The fourth-order valence-electron chi connectivity index (χ4n) is 1.80. The average molecular weight is 380 g/mol. The molecule has 1 aromatic carbocycles. The monoisotopic (exact) mass is 379 g/mol. The van der Waals surface area contributed by atoms with Gasteiger partial charge in [0.2, 0.25) is 5.91 Å². The van der Waals surface area contributed by atoms with Crippen LogP contribution in [0.2, 0.25) is 0 Å². The molecule has 2 aromatic rings. The molecule has 116 valence electrons. The first-order valence-corrected chi connectivity index (χ1v) is 8.62. The van der Waals surface area contributed by atoms with E-state index in [1.165, 1.54) is 4.88 Å². The summed E-state index contributed by atoms with van der Waals surface area (Å²) in [6, 6.07) is 12.0. The Kier molecular flexibility index (Phi) is 6.61. The van der Waals surface area contributed by atoms with E-state index in [1.54, 1.807) is 17.6 Å². The van der Waals surface area contributed by atoms with Gasteiger partial charge in [0, 0.05) is 32.9 Å². The summed E-state index contributed by atoms with van der Waals surface area (Å²) in [5.74, 6) is -0.0675. The van der Waals surface area contributed by atoms with Crippen LogP contribution in [0.4, 0.5) is 5.69 Å². The molecule has 0 aliphatic carbocycles. The normalized spacial score (nSPS) is 10.8. The molecule has 0 unspecified atom stereocenters. The maximum Gasteiger partial charge on any atom is 0.240 e. The smallest absolute Gasteiger partial charge is 0.240 e. The molecule has 0 aliphatic heterocycles. The number of hydrazone groups is 1. The number of aryl methyl sites for hydroxylation is 1. The number of halogens is 1. The molecule has 2 rings (SSSR count). The van der Waals surface area contributed by atoms with Crippen molar-refractivity contribution >= 4 is 45.1 Å². The van der Waals surface area contributed by atoms with Gasteiger partial charge in [-0.25, -0.2) is 5.43 Å². The van der Waals surface area contributed by atoms with Gasteiger partial charge in [-0.2, -0.15) is 5.10 Å². The number of carbonyl (C=O) groups is 1. The standard InChI is InChI=1S/C16H18BrN3OS/c1-12-4-9-15(22-12)11-19-20-16(21)3-2-10-18-14-7-5-13(17)6-8-14/h4-9,11,18H,2-3,10H2,1H3,(H,20,21)/b19-11+. The predicted molar refractivity (Wildman–Crippen MR) is 96.7 cm³/mol. The Hall–Kier alpha value is -1.66. The van der Waals surface area contributed by atoms with Crippen LogP contribution < -0.4 is 10.7 Å². The van der Waals surface area contributed by atoms with Gasteiger partial charge >= 0.3 is 0 Å². The van der Waals surface area contributed by atoms with Crippen LogP contribution in [0.5, 0.6) is 0 Å². The van der Waals surface area contributed by atoms with Gasteiger partial charge in [-0.05, 0) is 49.7 Å². The summed E-state index contributed by atoms with van der Waals surface area (Å²) in [4.78, 5) is 13.9. The molecule has 1 aromatic heterocycles. The second-order valence-corrected chi connectivity index (χ2v) is 7.01. The molecule has 0 spiro atoms. The molecule has 1 heterocycles. The highest BCUT2D eigenvalue weighted by Crippen LogP contribution is 2.14. The zero-order valence-corrected chi connectivity index (χ0v) is 14.7. The predicted octanol–water partition coefficient (Wildman–Crippen LogP) is 4.16. The first-order valence-electron chi connectivity index (χ1n) is 7.01. The van der Waals surface area contributed by atoms with E-state index in [9.17, 15) is 4.79 Å². The van der Waals surface area contributed by atoms with Crippen LogP contribution in [0, 0.1) is 6.92 Å². The van der Waals surface area contributed by atoms with E-state index < -0.39 is 0 Å². The van der Waals surface area contributed by atoms with Crippen LogP contribution in [0.25, 0.3) is 0 Å². The Morgan fingerprint density at radius 3 is 2.73 bits per heavy atom. The molecule has 0 fully saturated rings. The lowest BCUT2D eigenvalue weighted by Crippen LogP contribution is -2.18. The summed E-state index contributed by atoms with van der Waals surface area (Å²) in [6.45, 7) is 2.79. The summed E-state index contributed by atoms with van der Waals surface area (Å²) < 4.78 is 1.05. The Bertz CT molecular complexity index is 637. The fourth-order valence-corrected chi connectivity index (χ4v) is 2.81. The van der Waals surface area contributed by atoms with Crippen LogP contribution in [-0.2, 0) is 4.79 Å². The van der Waals surface area contributed by atoms with Gasteiger partial charge in [-0.15, -0.1) is 11.3 Å². The zero-order chi connectivity index (χ0) is 15.8. The number of hydrogen-bond donors (Lipinski definition) is 2. The average Bonchev–Trinajstić information content (AvgIpc) is 2.91. The number of carbonyl (C=O) groups excluding carboxylic acids is 1. The van der Waals surface area contributed by atoms with Crippen molar-refractivity contribution in [2.24, 2.45) is 5.10 Å². The minimum atomic E-state index is -0.0675. The van der Waals surface area contributed by atoms with Crippen molar-refractivity contribution in [1.29, 1.82) is 0 Å². The molecule has 0 radical (unpaired) electrons. The van der Waals surface area contributed by atoms with Crippen molar-refractivity contribution < 1.29 is 4.79 Å². The first-order chi connectivity index (χ1) is 10.6. The number of rotatable bonds is 7. The van der Waals surface area contributed by atoms with Crippen molar-refractivity contribution in [3.63, 3.8) is 0 Å². The van der Waals surface area contributed by atoms with Gasteiger partial charge in [-0.3, -0.25) is 4.79 Å². The second-order valence-electron chi connectivity index (χ2n) is 4.78. The van der Waals surface area contributed by atoms with Crippen molar-refractivity contribution in [3.8, 4) is 0 Å². The summed E-state index contributed by atoms with van der Waals surface area (Å²) in [5, 5.41) is 7.24. The molecule has 0 aliphatic rings. The quantitative estimate of drug-likeness (QED) is 0.431. The number of nitrogens with zero attached hydrogens (tertiary/aromatic N) is 1. The van der Waals surface area contributed by atoms with E-state index in [4.69, 9.17) is 0 Å². The third-order valence-electron chi connectivity index (χ3n) is 2.90. The zero-order valence-electron chi connectivity index (χ0n) is 12.3. The molecule has 22 heavy (non-hydrogen) atoms. The summed E-state index contributed by atoms with van der Waals surface area (Å²) in [5.41, 5.74) is 3.60. The van der Waals surface area contributed by atoms with E-state index >= 15 is 0 Å². The van der Waals surface area contributed by atoms with Crippen molar-refractivity contribution in [1.82, 2.24) is 5.43 Å². The molecule has 1 amide bonds. The lowest BCUT2D eigenvalue weighted by Gasteiger charge is -2.05. The third-order valence-corrected chi connectivity index (χ3v) is 4.36. The maximum atomic E-state index is 11.6. The van der Waals surface area contributed by atoms with E-state index in [0.717, 1.165) is 28.0 Å². The van der Waals surface area contributed by atoms with Crippen molar-refractivity contribution in [2.45, 2.75) is 19.8 Å². The Labute approximate surface area is 142 Å². The molecular formula is C16H18BrN3OS. The summed E-state index contributed by atoms with van der Waals surface area (Å²) in [6.07, 6.45) is 2.88. The van der Waals surface area contributed by atoms with E-state index in [-0.39, 0.29) is 5.91 Å². The van der Waals surface area contributed by atoms with Crippen molar-refractivity contribution in [3.05, 3.63) is 50.6 Å². The Morgan fingerprint density at radius 2 is 2.05 bits per heavy atom. The molecule has 4 nitrogen and oxygen atoms in total. The maximum absolute atomic E-state index is 11.6. The number of benzene rings is 1. The Morgan fingerprint density at radius 1 is 1.27 bits per heavy atom. The van der Waals surface area contributed by atoms with Crippen LogP contribution in [0.15, 0.2) is 46.0 Å². The van der Waals surface area contributed by atoms with Gasteiger partial charge in [0.1, 0.15) is 0 Å². The third kappa shape index (κ3) is 5.99. The minimum Gasteiger partial charge on any atom is -0.385 e. The topological polar surface area (TPSA) is 53.5 Å². The lowest BCUT2D eigenvalue weighted by atomic mass is 10.2. The number of hydrogen-bond acceptors (Lipinski definition) is 4.